The van der Waals surface area contributed by atoms with Crippen LogP contribution in [0.1, 0.15) is 5.82 Å². The van der Waals surface area contributed by atoms with Crippen LogP contribution in [0, 0.1) is 0 Å². The molecule has 0 saturated carbocycles. The lowest BCUT2D eigenvalue weighted by molar-refractivity contribution is 0.760. The number of hydrogen-bond donors (Lipinski definition) is 3. The maximum atomic E-state index is 10.9. The van der Waals surface area contributed by atoms with E-state index in [-0.39, 0.29) is 5.69 Å². The highest BCUT2D eigenvalue weighted by atomic mass is 16.1. The van der Waals surface area contributed by atoms with E-state index in [9.17, 15) is 4.79 Å². The van der Waals surface area contributed by atoms with Crippen LogP contribution in [0.25, 0.3) is 11.2 Å². The molecule has 3 rings (SSSR count). The first-order valence-electron chi connectivity index (χ1n) is 4.79. The number of H-pyrrole nitrogens is 2. The molecule has 0 aliphatic heterocycles. The van der Waals surface area contributed by atoms with Gasteiger partial charge in [0.05, 0.1) is 12.9 Å². The van der Waals surface area contributed by atoms with Gasteiger partial charge in [-0.05, 0) is 0 Å². The number of imidazole rings is 1. The van der Waals surface area contributed by atoms with Gasteiger partial charge in [0, 0.05) is 0 Å². The Bertz CT molecular complexity index is 722. The van der Waals surface area contributed by atoms with Gasteiger partial charge in [-0.2, -0.15) is 5.10 Å². The Hall–Kier alpha value is -2.71. The van der Waals surface area contributed by atoms with Crippen LogP contribution in [0.2, 0.25) is 0 Å². The average Bonchev–Trinajstić information content (AvgIpc) is 2.88. The summed E-state index contributed by atoms with van der Waals surface area (Å²) >= 11 is 0. The van der Waals surface area contributed by atoms with Gasteiger partial charge in [-0.1, -0.05) is 0 Å². The Kier molecular flexibility index (Phi) is 1.90. The van der Waals surface area contributed by atoms with Crippen LogP contribution < -0.4 is 11.4 Å². The van der Waals surface area contributed by atoms with E-state index in [0.29, 0.717) is 29.4 Å². The largest absolute Gasteiger partial charge is 0.382 e. The molecule has 3 aromatic rings. The Balaban J connectivity index is 2.06. The third kappa shape index (κ3) is 1.53. The lowest BCUT2D eigenvalue weighted by Crippen LogP contribution is -2.04. The number of hydrogen-bond acceptors (Lipinski definition) is 6. The zero-order valence-electron chi connectivity index (χ0n) is 8.58. The second kappa shape index (κ2) is 3.40. The summed E-state index contributed by atoms with van der Waals surface area (Å²) in [5.41, 5.74) is 6.44. The number of rotatable bonds is 2. The van der Waals surface area contributed by atoms with E-state index in [0.717, 1.165) is 0 Å². The third-order valence-corrected chi connectivity index (χ3v) is 2.30. The van der Waals surface area contributed by atoms with E-state index < -0.39 is 0 Å². The van der Waals surface area contributed by atoms with E-state index >= 15 is 0 Å². The number of nitrogen functional groups attached to an aromatic ring is 1. The van der Waals surface area contributed by atoms with Crippen molar-refractivity contribution in [1.29, 1.82) is 0 Å². The number of anilines is 1. The van der Waals surface area contributed by atoms with Gasteiger partial charge in [-0.25, -0.2) is 24.8 Å². The maximum Gasteiger partial charge on any atom is 0.340 e. The zero-order valence-corrected chi connectivity index (χ0v) is 8.58. The first-order chi connectivity index (χ1) is 8.24. The standard InChI is InChI=1S/C8H8N8O/c9-6-5-7(11-2-10-6)16(3-12-5)1-4-13-8(17)15-14-4/h2-3H,1H2,(H2,9,10,11)(H2,13,14,15,17). The predicted octanol–water partition coefficient (Wildman–Crippen LogP) is -1.13. The zero-order chi connectivity index (χ0) is 11.8. The third-order valence-electron chi connectivity index (χ3n) is 2.30. The van der Waals surface area contributed by atoms with Gasteiger partial charge in [0.1, 0.15) is 11.8 Å². The Morgan fingerprint density at radius 2 is 2.24 bits per heavy atom. The van der Waals surface area contributed by atoms with Gasteiger partial charge in [0.2, 0.25) is 0 Å². The quantitative estimate of drug-likeness (QED) is 0.512. The highest BCUT2D eigenvalue weighted by Crippen LogP contribution is 2.14. The van der Waals surface area contributed by atoms with Crippen LogP contribution >= 0.6 is 0 Å². The van der Waals surface area contributed by atoms with Crippen LogP contribution in [0.15, 0.2) is 17.4 Å². The van der Waals surface area contributed by atoms with Crippen molar-refractivity contribution in [2.45, 2.75) is 6.54 Å². The van der Waals surface area contributed by atoms with Crippen molar-refractivity contribution >= 4 is 17.0 Å². The molecule has 0 aromatic carbocycles. The molecule has 0 fully saturated rings. The van der Waals surface area contributed by atoms with Crippen molar-refractivity contribution in [3.05, 3.63) is 29.0 Å². The van der Waals surface area contributed by atoms with Crippen LogP contribution in [0.4, 0.5) is 5.82 Å². The Labute approximate surface area is 93.7 Å². The van der Waals surface area contributed by atoms with E-state index in [4.69, 9.17) is 5.73 Å². The van der Waals surface area contributed by atoms with Gasteiger partial charge < -0.3 is 10.3 Å². The molecule has 0 unspecified atom stereocenters. The van der Waals surface area contributed by atoms with E-state index in [1.54, 1.807) is 10.9 Å². The molecule has 0 atom stereocenters. The summed E-state index contributed by atoms with van der Waals surface area (Å²) < 4.78 is 1.72. The lowest BCUT2D eigenvalue weighted by Gasteiger charge is -1.99. The molecule has 0 bridgehead atoms. The van der Waals surface area contributed by atoms with E-state index in [2.05, 4.69) is 30.1 Å². The fraction of sp³-hybridized carbons (Fsp3) is 0.125. The van der Waals surface area contributed by atoms with Crippen molar-refractivity contribution in [3.8, 4) is 0 Å². The molecule has 17 heavy (non-hydrogen) atoms. The van der Waals surface area contributed by atoms with Gasteiger partial charge in [0.25, 0.3) is 0 Å². The molecule has 3 heterocycles. The number of aromatic nitrogens is 7. The lowest BCUT2D eigenvalue weighted by atomic mass is 10.5. The van der Waals surface area contributed by atoms with Gasteiger partial charge in [0.15, 0.2) is 17.3 Å². The first-order valence-corrected chi connectivity index (χ1v) is 4.79. The monoisotopic (exact) mass is 232 g/mol. The minimum Gasteiger partial charge on any atom is -0.382 e. The molecule has 0 amide bonds. The average molecular weight is 232 g/mol. The molecule has 0 aliphatic carbocycles. The first kappa shape index (κ1) is 9.51. The highest BCUT2D eigenvalue weighted by molar-refractivity contribution is 5.81. The van der Waals surface area contributed by atoms with Gasteiger partial charge in [-0.3, -0.25) is 4.98 Å². The molecule has 0 saturated heterocycles. The molecule has 3 aromatic heterocycles. The predicted molar refractivity (Wildman–Crippen MR) is 58.0 cm³/mol. The topological polar surface area (TPSA) is 131 Å². The van der Waals surface area contributed by atoms with Crippen molar-refractivity contribution in [2.24, 2.45) is 0 Å². The van der Waals surface area contributed by atoms with Crippen LogP contribution in [-0.2, 0) is 6.54 Å². The molecule has 0 radical (unpaired) electrons. The molecular formula is C8H8N8O. The number of nitrogens with one attached hydrogen (secondary N) is 2. The number of nitrogens with zero attached hydrogens (tertiary/aromatic N) is 5. The number of fused-ring (bicyclic) bond motifs is 1. The summed E-state index contributed by atoms with van der Waals surface area (Å²) in [6, 6.07) is 0. The van der Waals surface area contributed by atoms with Crippen molar-refractivity contribution in [1.82, 2.24) is 34.7 Å². The minimum absolute atomic E-state index is 0.323. The Morgan fingerprint density at radius 3 is 3.00 bits per heavy atom. The smallest absolute Gasteiger partial charge is 0.340 e. The molecule has 0 spiro atoms. The summed E-state index contributed by atoms with van der Waals surface area (Å²) in [5, 5.41) is 6.09. The molecule has 9 nitrogen and oxygen atoms in total. The van der Waals surface area contributed by atoms with E-state index in [1.807, 2.05) is 0 Å². The molecule has 4 N–H and O–H groups in total. The normalized spacial score (nSPS) is 11.1. The maximum absolute atomic E-state index is 10.9. The minimum atomic E-state index is -0.349. The molecular weight excluding hydrogens is 224 g/mol. The SMILES string of the molecule is Nc1ncnc2c1ncn2Cc1n[nH]c(=O)[nH]1. The summed E-state index contributed by atoms with van der Waals surface area (Å²) in [5.74, 6) is 0.816. The number of nitrogens with two attached hydrogens (primary N) is 1. The van der Waals surface area contributed by atoms with Crippen molar-refractivity contribution in [3.63, 3.8) is 0 Å². The van der Waals surface area contributed by atoms with Crippen LogP contribution in [0.3, 0.4) is 0 Å². The van der Waals surface area contributed by atoms with Crippen LogP contribution in [-0.4, -0.2) is 34.7 Å². The van der Waals surface area contributed by atoms with Gasteiger partial charge in [-0.15, -0.1) is 0 Å². The molecule has 0 aliphatic rings. The highest BCUT2D eigenvalue weighted by Gasteiger charge is 2.09. The fourth-order valence-corrected chi connectivity index (χ4v) is 1.56. The number of aromatic amines is 2. The molecule has 9 heteroatoms. The second-order valence-electron chi connectivity index (χ2n) is 3.43. The van der Waals surface area contributed by atoms with E-state index in [1.165, 1.54) is 6.33 Å². The summed E-state index contributed by atoms with van der Waals surface area (Å²) in [4.78, 5) is 25.5. The Morgan fingerprint density at radius 1 is 1.35 bits per heavy atom. The summed E-state index contributed by atoms with van der Waals surface area (Å²) in [6.07, 6.45) is 2.94. The van der Waals surface area contributed by atoms with Crippen molar-refractivity contribution < 1.29 is 0 Å². The molecule has 86 valence electrons. The summed E-state index contributed by atoms with van der Waals surface area (Å²) in [7, 11) is 0. The second-order valence-corrected chi connectivity index (χ2v) is 3.43. The van der Waals surface area contributed by atoms with Gasteiger partial charge >= 0.3 is 5.69 Å². The van der Waals surface area contributed by atoms with Crippen LogP contribution in [0.5, 0.6) is 0 Å². The summed E-state index contributed by atoms with van der Waals surface area (Å²) in [6.45, 7) is 0.353. The fourth-order valence-electron chi connectivity index (χ4n) is 1.56. The van der Waals surface area contributed by atoms with Crippen molar-refractivity contribution in [2.75, 3.05) is 5.73 Å².